The maximum Gasteiger partial charge on any atom is 0.573 e. The van der Waals surface area contributed by atoms with Crippen molar-refractivity contribution in [1.82, 2.24) is 15.1 Å². The molecule has 6 nitrogen and oxygen atoms in total. The molecule has 0 spiro atoms. The number of hydrogen-bond acceptors (Lipinski definition) is 6. The highest BCUT2D eigenvalue weighted by molar-refractivity contribution is 5.62. The van der Waals surface area contributed by atoms with Crippen molar-refractivity contribution >= 4 is 0 Å². The van der Waals surface area contributed by atoms with Crippen LogP contribution >= 0.6 is 0 Å². The summed E-state index contributed by atoms with van der Waals surface area (Å²) in [6, 6.07) is 10.2. The Kier molecular flexibility index (Phi) is 3.87. The fraction of sp³-hybridized carbons (Fsp3) is 0.0667. The Hall–Kier alpha value is -3.41. The van der Waals surface area contributed by atoms with Crippen LogP contribution in [0.3, 0.4) is 0 Å². The number of aromatic nitrogens is 3. The van der Waals surface area contributed by atoms with E-state index in [0.717, 1.165) is 12.1 Å². The number of halogens is 3. The van der Waals surface area contributed by atoms with Gasteiger partial charge in [-0.25, -0.2) is 0 Å². The highest BCUT2D eigenvalue weighted by Crippen LogP contribution is 2.29. The summed E-state index contributed by atoms with van der Waals surface area (Å²) in [6.07, 6.45) is -3.34. The molecule has 2 heterocycles. The van der Waals surface area contributed by atoms with Crippen LogP contribution in [0.15, 0.2) is 47.1 Å². The molecule has 0 N–H and O–H groups in total. The average Bonchev–Trinajstić information content (AvgIpc) is 3.04. The number of ether oxygens (including phenoxy) is 1. The molecule has 0 saturated heterocycles. The normalized spacial score (nSPS) is 11.1. The van der Waals surface area contributed by atoms with Gasteiger partial charge in [0.15, 0.2) is 0 Å². The van der Waals surface area contributed by atoms with Crippen LogP contribution in [0.4, 0.5) is 13.2 Å². The predicted molar refractivity (Wildman–Crippen MR) is 74.4 cm³/mol. The molecule has 3 aromatic rings. The lowest BCUT2D eigenvalue weighted by atomic mass is 10.1. The quantitative estimate of drug-likeness (QED) is 0.729. The average molecular weight is 332 g/mol. The summed E-state index contributed by atoms with van der Waals surface area (Å²) in [7, 11) is 0. The second-order valence-corrected chi connectivity index (χ2v) is 4.54. The zero-order valence-corrected chi connectivity index (χ0v) is 11.8. The molecule has 0 radical (unpaired) electrons. The Morgan fingerprint density at radius 3 is 2.67 bits per heavy atom. The molecule has 0 amide bonds. The van der Waals surface area contributed by atoms with Crippen LogP contribution in [0.25, 0.3) is 23.0 Å². The van der Waals surface area contributed by atoms with Gasteiger partial charge in [0.2, 0.25) is 5.82 Å². The standard InChI is InChI=1S/C15H7F3N4O2/c16-15(17,18)23-11-6-9(8-19)5-10(7-11)13-21-14(24-22-13)12-3-1-2-4-20-12/h1-7H. The van der Waals surface area contributed by atoms with Crippen molar-refractivity contribution in [2.24, 2.45) is 0 Å². The van der Waals surface area contributed by atoms with E-state index in [-0.39, 0.29) is 22.8 Å². The lowest BCUT2D eigenvalue weighted by Crippen LogP contribution is -2.17. The lowest BCUT2D eigenvalue weighted by Gasteiger charge is -2.09. The van der Waals surface area contributed by atoms with Crippen LogP contribution in [0.2, 0.25) is 0 Å². The maximum absolute atomic E-state index is 12.4. The monoisotopic (exact) mass is 332 g/mol. The minimum absolute atomic E-state index is 0.0137. The van der Waals surface area contributed by atoms with Crippen molar-refractivity contribution in [3.8, 4) is 34.8 Å². The van der Waals surface area contributed by atoms with E-state index in [1.807, 2.05) is 0 Å². The molecule has 1 aromatic carbocycles. The SMILES string of the molecule is N#Cc1cc(OC(F)(F)F)cc(-c2noc(-c3ccccn3)n2)c1. The molecule has 0 bridgehead atoms. The molecule has 0 fully saturated rings. The maximum atomic E-state index is 12.4. The van der Waals surface area contributed by atoms with E-state index in [9.17, 15) is 13.2 Å². The topological polar surface area (TPSA) is 84.8 Å². The lowest BCUT2D eigenvalue weighted by molar-refractivity contribution is -0.274. The fourth-order valence-electron chi connectivity index (χ4n) is 1.92. The number of hydrogen-bond donors (Lipinski definition) is 0. The molecule has 120 valence electrons. The minimum atomic E-state index is -4.87. The van der Waals surface area contributed by atoms with E-state index < -0.39 is 12.1 Å². The van der Waals surface area contributed by atoms with Crippen LogP contribution in [0.5, 0.6) is 5.75 Å². The van der Waals surface area contributed by atoms with Crippen LogP contribution in [-0.2, 0) is 0 Å². The number of pyridine rings is 1. The number of benzene rings is 1. The molecule has 0 atom stereocenters. The first-order chi connectivity index (χ1) is 11.4. The summed E-state index contributed by atoms with van der Waals surface area (Å²) in [5, 5.41) is 12.7. The molecular weight excluding hydrogens is 325 g/mol. The molecule has 0 aliphatic rings. The number of nitrogens with zero attached hydrogens (tertiary/aromatic N) is 4. The Morgan fingerprint density at radius 1 is 1.17 bits per heavy atom. The van der Waals surface area contributed by atoms with Crippen molar-refractivity contribution in [2.75, 3.05) is 0 Å². The van der Waals surface area contributed by atoms with E-state index in [4.69, 9.17) is 9.78 Å². The zero-order valence-electron chi connectivity index (χ0n) is 11.8. The van der Waals surface area contributed by atoms with Gasteiger partial charge >= 0.3 is 6.36 Å². The third-order valence-electron chi connectivity index (χ3n) is 2.84. The van der Waals surface area contributed by atoms with Gasteiger partial charge in [0.05, 0.1) is 11.6 Å². The summed E-state index contributed by atoms with van der Waals surface area (Å²) in [5.74, 6) is -0.424. The van der Waals surface area contributed by atoms with Gasteiger partial charge < -0.3 is 9.26 Å². The van der Waals surface area contributed by atoms with Gasteiger partial charge in [-0.15, -0.1) is 13.2 Å². The Morgan fingerprint density at radius 2 is 2.00 bits per heavy atom. The van der Waals surface area contributed by atoms with Gasteiger partial charge in [-0.1, -0.05) is 11.2 Å². The molecule has 0 aliphatic heterocycles. The Balaban J connectivity index is 1.99. The Labute approximate surface area is 133 Å². The largest absolute Gasteiger partial charge is 0.573 e. The van der Waals surface area contributed by atoms with Gasteiger partial charge in [0, 0.05) is 11.8 Å². The van der Waals surface area contributed by atoms with E-state index >= 15 is 0 Å². The smallest absolute Gasteiger partial charge is 0.406 e. The first-order valence-corrected chi connectivity index (χ1v) is 6.51. The molecule has 9 heteroatoms. The summed E-state index contributed by atoms with van der Waals surface area (Å²) in [6.45, 7) is 0. The molecule has 3 rings (SSSR count). The fourth-order valence-corrected chi connectivity index (χ4v) is 1.92. The summed E-state index contributed by atoms with van der Waals surface area (Å²) in [5.41, 5.74) is 0.537. The first-order valence-electron chi connectivity index (χ1n) is 6.51. The van der Waals surface area contributed by atoms with Crippen molar-refractivity contribution in [1.29, 1.82) is 5.26 Å². The van der Waals surface area contributed by atoms with E-state index in [0.29, 0.717) is 5.69 Å². The van der Waals surface area contributed by atoms with E-state index in [2.05, 4.69) is 19.9 Å². The van der Waals surface area contributed by atoms with Crippen molar-refractivity contribution in [2.45, 2.75) is 6.36 Å². The van der Waals surface area contributed by atoms with Crippen LogP contribution in [-0.4, -0.2) is 21.5 Å². The summed E-state index contributed by atoms with van der Waals surface area (Å²) in [4.78, 5) is 8.11. The van der Waals surface area contributed by atoms with Gasteiger partial charge in [-0.05, 0) is 30.3 Å². The van der Waals surface area contributed by atoms with Gasteiger partial charge in [0.1, 0.15) is 11.4 Å². The third kappa shape index (κ3) is 3.49. The predicted octanol–water partition coefficient (Wildman–Crippen LogP) is 3.57. The molecule has 24 heavy (non-hydrogen) atoms. The molecule has 0 unspecified atom stereocenters. The Bertz CT molecular complexity index is 901. The van der Waals surface area contributed by atoms with Crippen LogP contribution in [0, 0.1) is 11.3 Å². The summed E-state index contributed by atoms with van der Waals surface area (Å²) < 4.78 is 46.0. The number of alkyl halides is 3. The molecule has 0 saturated carbocycles. The molecule has 0 aliphatic carbocycles. The molecule has 2 aromatic heterocycles. The third-order valence-corrected chi connectivity index (χ3v) is 2.84. The second kappa shape index (κ2) is 6.00. The zero-order chi connectivity index (χ0) is 17.2. The van der Waals surface area contributed by atoms with E-state index in [1.54, 1.807) is 24.3 Å². The van der Waals surface area contributed by atoms with Crippen molar-refractivity contribution in [3.05, 3.63) is 48.2 Å². The second-order valence-electron chi connectivity index (χ2n) is 4.54. The molecular formula is C15H7F3N4O2. The van der Waals surface area contributed by atoms with Crippen LogP contribution < -0.4 is 4.74 Å². The highest BCUT2D eigenvalue weighted by Gasteiger charge is 2.31. The van der Waals surface area contributed by atoms with Gasteiger partial charge in [0.25, 0.3) is 5.89 Å². The van der Waals surface area contributed by atoms with Gasteiger partial charge in [-0.2, -0.15) is 10.2 Å². The van der Waals surface area contributed by atoms with Crippen molar-refractivity contribution < 1.29 is 22.4 Å². The van der Waals surface area contributed by atoms with Crippen molar-refractivity contribution in [3.63, 3.8) is 0 Å². The first kappa shape index (κ1) is 15.5. The number of rotatable bonds is 3. The minimum Gasteiger partial charge on any atom is -0.406 e. The van der Waals surface area contributed by atoms with Gasteiger partial charge in [-0.3, -0.25) is 4.98 Å². The van der Waals surface area contributed by atoms with E-state index in [1.165, 1.54) is 12.3 Å². The summed E-state index contributed by atoms with van der Waals surface area (Å²) >= 11 is 0. The highest BCUT2D eigenvalue weighted by atomic mass is 19.4. The van der Waals surface area contributed by atoms with Crippen LogP contribution in [0.1, 0.15) is 5.56 Å². The number of nitriles is 1.